The Morgan fingerprint density at radius 3 is 2.59 bits per heavy atom. The highest BCUT2D eigenvalue weighted by atomic mass is 32.2. The maximum absolute atomic E-state index is 12.9. The maximum atomic E-state index is 12.9. The molecule has 1 aliphatic heterocycles. The average Bonchev–Trinajstić information content (AvgIpc) is 2.54. The van der Waals surface area contributed by atoms with Gasteiger partial charge in [-0.15, -0.1) is 0 Å². The smallest absolute Gasteiger partial charge is 0.243 e. The van der Waals surface area contributed by atoms with Crippen molar-refractivity contribution in [1.82, 2.24) is 9.62 Å². The van der Waals surface area contributed by atoms with E-state index in [0.29, 0.717) is 23.9 Å². The Hall–Kier alpha value is -0.910. The molecule has 1 aliphatic rings. The van der Waals surface area contributed by atoms with E-state index in [-0.39, 0.29) is 0 Å². The molecule has 0 aliphatic carbocycles. The number of benzene rings is 1. The number of aryl methyl sites for hydroxylation is 2. The largest absolute Gasteiger partial charge is 0.319 e. The second kappa shape index (κ2) is 7.57. The van der Waals surface area contributed by atoms with E-state index in [0.717, 1.165) is 37.8 Å². The number of nitrogens with zero attached hydrogens (tertiary/aromatic N) is 1. The predicted molar refractivity (Wildman–Crippen MR) is 90.6 cm³/mol. The summed E-state index contributed by atoms with van der Waals surface area (Å²) < 4.78 is 27.5. The van der Waals surface area contributed by atoms with Crippen LogP contribution in [0.5, 0.6) is 0 Å². The summed E-state index contributed by atoms with van der Waals surface area (Å²) in [6, 6.07) is 5.62. The fraction of sp³-hybridized carbons (Fsp3) is 0.647. The summed E-state index contributed by atoms with van der Waals surface area (Å²) >= 11 is 0. The van der Waals surface area contributed by atoms with Crippen molar-refractivity contribution in [2.45, 2.75) is 44.4 Å². The summed E-state index contributed by atoms with van der Waals surface area (Å²) in [5, 5.41) is 3.16. The Bertz CT molecular complexity index is 597. The number of hydrogen-bond acceptors (Lipinski definition) is 3. The minimum absolute atomic E-state index is 0.411. The summed E-state index contributed by atoms with van der Waals surface area (Å²) in [6.45, 7) is 6.32. The highest BCUT2D eigenvalue weighted by Crippen LogP contribution is 2.25. The van der Waals surface area contributed by atoms with Gasteiger partial charge in [-0.25, -0.2) is 8.42 Å². The Balaban J connectivity index is 2.26. The molecule has 1 atom stereocenters. The molecule has 1 N–H and O–H groups in total. The van der Waals surface area contributed by atoms with E-state index >= 15 is 0 Å². The standard InChI is InChI=1S/C17H28N2O2S/c1-4-15-8-9-17(11-16(15)5-2)22(20,21)19-10-6-7-14(13-19)12-18-3/h8-9,11,14,18H,4-7,10,12-13H2,1-3H3. The van der Waals surface area contributed by atoms with Gasteiger partial charge in [0, 0.05) is 13.1 Å². The van der Waals surface area contributed by atoms with Crippen LogP contribution in [0.25, 0.3) is 0 Å². The Morgan fingerprint density at radius 1 is 1.23 bits per heavy atom. The molecule has 124 valence electrons. The number of nitrogens with one attached hydrogen (secondary N) is 1. The van der Waals surface area contributed by atoms with E-state index in [1.807, 2.05) is 19.2 Å². The second-order valence-corrected chi connectivity index (χ2v) is 8.00. The van der Waals surface area contributed by atoms with Crippen LogP contribution in [0.1, 0.15) is 37.8 Å². The van der Waals surface area contributed by atoms with Crippen molar-refractivity contribution >= 4 is 10.0 Å². The number of sulfonamides is 1. The third-order valence-corrected chi connectivity index (χ3v) is 6.41. The first-order valence-electron chi connectivity index (χ1n) is 8.29. The highest BCUT2D eigenvalue weighted by molar-refractivity contribution is 7.89. The van der Waals surface area contributed by atoms with E-state index in [4.69, 9.17) is 0 Å². The van der Waals surface area contributed by atoms with Gasteiger partial charge in [-0.3, -0.25) is 0 Å². The zero-order valence-electron chi connectivity index (χ0n) is 13.9. The molecule has 2 rings (SSSR count). The molecule has 22 heavy (non-hydrogen) atoms. The predicted octanol–water partition coefficient (Wildman–Crippen LogP) is 2.43. The summed E-state index contributed by atoms with van der Waals surface area (Å²) in [5.74, 6) is 0.411. The molecule has 1 aromatic carbocycles. The third-order valence-electron chi connectivity index (χ3n) is 4.55. The lowest BCUT2D eigenvalue weighted by atomic mass is 10.00. The van der Waals surface area contributed by atoms with Crippen LogP contribution in [-0.2, 0) is 22.9 Å². The molecule has 5 heteroatoms. The quantitative estimate of drug-likeness (QED) is 0.874. The van der Waals surface area contributed by atoms with Gasteiger partial charge in [0.1, 0.15) is 0 Å². The monoisotopic (exact) mass is 324 g/mol. The van der Waals surface area contributed by atoms with Gasteiger partial charge in [0.2, 0.25) is 10.0 Å². The summed E-state index contributed by atoms with van der Waals surface area (Å²) in [5.41, 5.74) is 2.39. The molecule has 1 unspecified atom stereocenters. The molecule has 4 nitrogen and oxygen atoms in total. The van der Waals surface area contributed by atoms with Crippen molar-refractivity contribution in [1.29, 1.82) is 0 Å². The topological polar surface area (TPSA) is 49.4 Å². The van der Waals surface area contributed by atoms with Crippen LogP contribution < -0.4 is 5.32 Å². The first-order valence-corrected chi connectivity index (χ1v) is 9.73. The van der Waals surface area contributed by atoms with E-state index in [9.17, 15) is 8.42 Å². The zero-order valence-corrected chi connectivity index (χ0v) is 14.7. The molecule has 0 bridgehead atoms. The summed E-state index contributed by atoms with van der Waals surface area (Å²) in [6.07, 6.45) is 3.85. The van der Waals surface area contributed by atoms with Crippen molar-refractivity contribution < 1.29 is 8.42 Å². The van der Waals surface area contributed by atoms with Crippen molar-refractivity contribution in [2.75, 3.05) is 26.7 Å². The van der Waals surface area contributed by atoms with Crippen molar-refractivity contribution in [3.63, 3.8) is 0 Å². The minimum Gasteiger partial charge on any atom is -0.319 e. The number of rotatable bonds is 6. The molecular weight excluding hydrogens is 296 g/mol. The Labute approximate surface area is 135 Å². The molecule has 0 spiro atoms. The lowest BCUT2D eigenvalue weighted by molar-refractivity contribution is 0.263. The molecular formula is C17H28N2O2S. The average molecular weight is 324 g/mol. The third kappa shape index (κ3) is 3.70. The van der Waals surface area contributed by atoms with Crippen LogP contribution in [-0.4, -0.2) is 39.4 Å². The molecule has 0 radical (unpaired) electrons. The van der Waals surface area contributed by atoms with Gasteiger partial charge in [-0.2, -0.15) is 4.31 Å². The number of piperidine rings is 1. The minimum atomic E-state index is -3.37. The van der Waals surface area contributed by atoms with Crippen molar-refractivity contribution in [3.8, 4) is 0 Å². The molecule has 0 aromatic heterocycles. The van der Waals surface area contributed by atoms with E-state index in [1.165, 1.54) is 5.56 Å². The van der Waals surface area contributed by atoms with E-state index < -0.39 is 10.0 Å². The summed E-state index contributed by atoms with van der Waals surface area (Å²) in [4.78, 5) is 0.451. The molecule has 1 heterocycles. The van der Waals surface area contributed by atoms with E-state index in [1.54, 1.807) is 10.4 Å². The lowest BCUT2D eigenvalue weighted by Crippen LogP contribution is -2.42. The fourth-order valence-electron chi connectivity index (χ4n) is 3.29. The zero-order chi connectivity index (χ0) is 16.2. The SMILES string of the molecule is CCc1ccc(S(=O)(=O)N2CCCC(CNC)C2)cc1CC. The van der Waals surface area contributed by atoms with Gasteiger partial charge in [-0.1, -0.05) is 19.9 Å². The van der Waals surface area contributed by atoms with Crippen LogP contribution in [0.4, 0.5) is 0 Å². The molecule has 0 saturated carbocycles. The van der Waals surface area contributed by atoms with Crippen LogP contribution in [0.15, 0.2) is 23.1 Å². The lowest BCUT2D eigenvalue weighted by Gasteiger charge is -2.32. The van der Waals surface area contributed by atoms with E-state index in [2.05, 4.69) is 19.2 Å². The van der Waals surface area contributed by atoms with Gasteiger partial charge >= 0.3 is 0 Å². The first kappa shape index (κ1) is 17.4. The highest BCUT2D eigenvalue weighted by Gasteiger charge is 2.30. The maximum Gasteiger partial charge on any atom is 0.243 e. The Morgan fingerprint density at radius 2 is 1.95 bits per heavy atom. The van der Waals surface area contributed by atoms with Gasteiger partial charge in [-0.05, 0) is 68.5 Å². The number of hydrogen-bond donors (Lipinski definition) is 1. The molecule has 0 amide bonds. The van der Waals surface area contributed by atoms with Crippen molar-refractivity contribution in [3.05, 3.63) is 29.3 Å². The molecule has 1 aromatic rings. The van der Waals surface area contributed by atoms with Crippen molar-refractivity contribution in [2.24, 2.45) is 5.92 Å². The van der Waals surface area contributed by atoms with Gasteiger partial charge in [0.25, 0.3) is 0 Å². The fourth-order valence-corrected chi connectivity index (χ4v) is 4.89. The van der Waals surface area contributed by atoms with Crippen LogP contribution >= 0.6 is 0 Å². The van der Waals surface area contributed by atoms with Crippen LogP contribution in [0.3, 0.4) is 0 Å². The molecule has 1 saturated heterocycles. The summed E-state index contributed by atoms with van der Waals surface area (Å²) in [7, 11) is -1.44. The molecule has 1 fully saturated rings. The van der Waals surface area contributed by atoms with Crippen LogP contribution in [0, 0.1) is 5.92 Å². The van der Waals surface area contributed by atoms with Crippen LogP contribution in [0.2, 0.25) is 0 Å². The van der Waals surface area contributed by atoms with Gasteiger partial charge in [0.05, 0.1) is 4.90 Å². The Kier molecular flexibility index (Phi) is 6.01. The van der Waals surface area contributed by atoms with Gasteiger partial charge in [0.15, 0.2) is 0 Å². The first-order chi connectivity index (χ1) is 10.5. The second-order valence-electron chi connectivity index (χ2n) is 6.07. The normalized spacial score (nSPS) is 20.2. The van der Waals surface area contributed by atoms with Gasteiger partial charge < -0.3 is 5.32 Å².